The minimum absolute atomic E-state index is 0.00887. The molecule has 9 heteroatoms. The second-order valence-electron chi connectivity index (χ2n) is 9.99. The molecule has 1 aromatic carbocycles. The molecule has 1 aliphatic carbocycles. The number of nitrogens with zero attached hydrogens (tertiary/aromatic N) is 5. The summed E-state index contributed by atoms with van der Waals surface area (Å²) in [4.78, 5) is 23.5. The zero-order valence-electron chi connectivity index (χ0n) is 19.5. The molecule has 3 unspecified atom stereocenters. The number of hydrogen-bond acceptors (Lipinski definition) is 7. The van der Waals surface area contributed by atoms with Gasteiger partial charge in [0.25, 0.3) is 0 Å². The minimum atomic E-state index is -0.531. The molecule has 0 radical (unpaired) electrons. The third-order valence-corrected chi connectivity index (χ3v) is 6.45. The summed E-state index contributed by atoms with van der Waals surface area (Å²) in [6.45, 7) is 6.94. The van der Waals surface area contributed by atoms with Crippen molar-refractivity contribution in [1.29, 1.82) is 0 Å². The SMILES string of the molecule is COCc1ccc(-c2nn(C3CC4CC3N(C(=O)OC(C)(C)C)C4)c3ncnc(N)c23)cc1. The number of methoxy groups -OCH3 is 1. The van der Waals surface area contributed by atoms with Crippen molar-refractivity contribution >= 4 is 22.9 Å². The molecule has 0 spiro atoms. The van der Waals surface area contributed by atoms with Crippen LogP contribution in [-0.4, -0.2) is 56.0 Å². The van der Waals surface area contributed by atoms with Gasteiger partial charge in [-0.15, -0.1) is 0 Å². The van der Waals surface area contributed by atoms with Crippen LogP contribution in [0.4, 0.5) is 10.6 Å². The maximum atomic E-state index is 12.9. The largest absolute Gasteiger partial charge is 0.444 e. The lowest BCUT2D eigenvalue weighted by atomic mass is 10.1. The number of piperidine rings is 1. The Kier molecular flexibility index (Phi) is 5.23. The molecule has 1 saturated heterocycles. The van der Waals surface area contributed by atoms with Crippen LogP contribution in [0.5, 0.6) is 0 Å². The molecule has 2 N–H and O–H groups in total. The zero-order chi connectivity index (χ0) is 23.3. The van der Waals surface area contributed by atoms with Crippen molar-refractivity contribution in [1.82, 2.24) is 24.6 Å². The number of aromatic nitrogens is 4. The summed E-state index contributed by atoms with van der Waals surface area (Å²) in [6.07, 6.45) is 3.09. The van der Waals surface area contributed by atoms with Crippen molar-refractivity contribution in [3.63, 3.8) is 0 Å². The number of hydrogen-bond donors (Lipinski definition) is 1. The van der Waals surface area contributed by atoms with E-state index in [4.69, 9.17) is 20.3 Å². The van der Waals surface area contributed by atoms with Crippen LogP contribution in [0.1, 0.15) is 45.2 Å². The summed E-state index contributed by atoms with van der Waals surface area (Å²) in [5.41, 5.74) is 9.22. The predicted molar refractivity (Wildman–Crippen MR) is 124 cm³/mol. The Hall–Kier alpha value is -3.20. The van der Waals surface area contributed by atoms with Gasteiger partial charge in [0.2, 0.25) is 0 Å². The average molecular weight is 451 g/mol. The van der Waals surface area contributed by atoms with Gasteiger partial charge in [-0.3, -0.25) is 0 Å². The van der Waals surface area contributed by atoms with E-state index in [1.165, 1.54) is 6.33 Å². The van der Waals surface area contributed by atoms with E-state index in [9.17, 15) is 4.79 Å². The molecular weight excluding hydrogens is 420 g/mol. The number of nitrogens with two attached hydrogens (primary N) is 1. The van der Waals surface area contributed by atoms with E-state index in [0.717, 1.165) is 41.6 Å². The summed E-state index contributed by atoms with van der Waals surface area (Å²) < 4.78 is 12.8. The first kappa shape index (κ1) is 21.6. The highest BCUT2D eigenvalue weighted by molar-refractivity contribution is 5.98. The molecule has 3 atom stereocenters. The molecule has 2 fully saturated rings. The van der Waals surface area contributed by atoms with E-state index in [1.54, 1.807) is 7.11 Å². The number of anilines is 1. The maximum Gasteiger partial charge on any atom is 0.410 e. The minimum Gasteiger partial charge on any atom is -0.444 e. The summed E-state index contributed by atoms with van der Waals surface area (Å²) in [5.74, 6) is 0.817. The first-order valence-electron chi connectivity index (χ1n) is 11.3. The Labute approximate surface area is 192 Å². The molecule has 9 nitrogen and oxygen atoms in total. The lowest BCUT2D eigenvalue weighted by Crippen LogP contribution is -2.45. The van der Waals surface area contributed by atoms with Crippen LogP contribution >= 0.6 is 0 Å². The van der Waals surface area contributed by atoms with E-state index in [-0.39, 0.29) is 18.2 Å². The molecule has 2 aliphatic rings. The topological polar surface area (TPSA) is 108 Å². The quantitative estimate of drug-likeness (QED) is 0.644. The monoisotopic (exact) mass is 450 g/mol. The first-order chi connectivity index (χ1) is 15.7. The molecule has 3 aromatic rings. The van der Waals surface area contributed by atoms with Crippen LogP contribution in [0.3, 0.4) is 0 Å². The Balaban J connectivity index is 1.53. The van der Waals surface area contributed by atoms with E-state index in [2.05, 4.69) is 9.97 Å². The number of ether oxygens (including phenoxy) is 2. The molecule has 1 amide bonds. The van der Waals surface area contributed by atoms with Gasteiger partial charge >= 0.3 is 6.09 Å². The zero-order valence-corrected chi connectivity index (χ0v) is 19.5. The highest BCUT2D eigenvalue weighted by Crippen LogP contribution is 2.46. The number of rotatable bonds is 4. The third kappa shape index (κ3) is 3.90. The summed E-state index contributed by atoms with van der Waals surface area (Å²) in [5, 5.41) is 5.73. The number of carbonyl (C=O) groups is 1. The molecule has 174 valence electrons. The highest BCUT2D eigenvalue weighted by Gasteiger charge is 2.49. The number of fused-ring (bicyclic) bond motifs is 3. The van der Waals surface area contributed by atoms with Crippen molar-refractivity contribution in [2.75, 3.05) is 19.4 Å². The Bertz CT molecular complexity index is 1180. The lowest BCUT2D eigenvalue weighted by molar-refractivity contribution is 0.0135. The van der Waals surface area contributed by atoms with Crippen LogP contribution in [-0.2, 0) is 16.1 Å². The highest BCUT2D eigenvalue weighted by atomic mass is 16.6. The molecule has 33 heavy (non-hydrogen) atoms. The molecular formula is C24H30N6O3. The maximum absolute atomic E-state index is 12.9. The van der Waals surface area contributed by atoms with E-state index in [1.807, 2.05) is 54.6 Å². The third-order valence-electron chi connectivity index (χ3n) is 6.45. The fourth-order valence-corrected chi connectivity index (χ4v) is 5.14. The van der Waals surface area contributed by atoms with E-state index in [0.29, 0.717) is 24.0 Å². The van der Waals surface area contributed by atoms with Crippen LogP contribution in [0.25, 0.3) is 22.3 Å². The molecule has 1 aliphatic heterocycles. The molecule has 1 saturated carbocycles. The van der Waals surface area contributed by atoms with Gasteiger partial charge in [-0.2, -0.15) is 5.10 Å². The van der Waals surface area contributed by atoms with Crippen molar-refractivity contribution in [2.45, 2.75) is 57.9 Å². The Morgan fingerprint density at radius 2 is 1.88 bits per heavy atom. The Morgan fingerprint density at radius 1 is 1.15 bits per heavy atom. The first-order valence-corrected chi connectivity index (χ1v) is 11.3. The molecule has 3 heterocycles. The van der Waals surface area contributed by atoms with Gasteiger partial charge < -0.3 is 20.1 Å². The van der Waals surface area contributed by atoms with Crippen molar-refractivity contribution in [3.8, 4) is 11.3 Å². The second-order valence-corrected chi connectivity index (χ2v) is 9.99. The van der Waals surface area contributed by atoms with Gasteiger partial charge in [-0.1, -0.05) is 24.3 Å². The van der Waals surface area contributed by atoms with E-state index < -0.39 is 5.60 Å². The number of nitrogen functional groups attached to an aromatic ring is 1. The summed E-state index contributed by atoms with van der Waals surface area (Å²) in [6, 6.07) is 8.09. The number of carbonyl (C=O) groups excluding carboxylic acids is 1. The van der Waals surface area contributed by atoms with Crippen molar-refractivity contribution in [3.05, 3.63) is 36.2 Å². The fraction of sp³-hybridized carbons (Fsp3) is 0.500. The lowest BCUT2D eigenvalue weighted by Gasteiger charge is -2.34. The van der Waals surface area contributed by atoms with E-state index >= 15 is 0 Å². The van der Waals surface area contributed by atoms with Crippen LogP contribution in [0.2, 0.25) is 0 Å². The predicted octanol–water partition coefficient (Wildman–Crippen LogP) is 3.79. The van der Waals surface area contributed by atoms with Gasteiger partial charge in [0.15, 0.2) is 5.65 Å². The summed E-state index contributed by atoms with van der Waals surface area (Å²) >= 11 is 0. The van der Waals surface area contributed by atoms with Crippen LogP contribution < -0.4 is 5.73 Å². The van der Waals surface area contributed by atoms with Gasteiger partial charge in [-0.05, 0) is 45.1 Å². The summed E-state index contributed by atoms with van der Waals surface area (Å²) in [7, 11) is 1.68. The average Bonchev–Trinajstić information content (AvgIpc) is 3.46. The normalized spacial score (nSPS) is 22.3. The molecule has 2 aromatic heterocycles. The van der Waals surface area contributed by atoms with Crippen molar-refractivity contribution in [2.24, 2.45) is 5.92 Å². The smallest absolute Gasteiger partial charge is 0.410 e. The van der Waals surface area contributed by atoms with Gasteiger partial charge in [0, 0.05) is 19.2 Å². The number of benzene rings is 1. The van der Waals surface area contributed by atoms with Gasteiger partial charge in [0.05, 0.1) is 24.1 Å². The molecule has 5 rings (SSSR count). The van der Waals surface area contributed by atoms with Gasteiger partial charge in [0.1, 0.15) is 23.4 Å². The van der Waals surface area contributed by atoms with Crippen LogP contribution in [0, 0.1) is 5.92 Å². The fourth-order valence-electron chi connectivity index (χ4n) is 5.14. The second kappa shape index (κ2) is 7.98. The number of likely N-dealkylation sites (tertiary alicyclic amines) is 1. The van der Waals surface area contributed by atoms with Crippen molar-refractivity contribution < 1.29 is 14.3 Å². The van der Waals surface area contributed by atoms with Gasteiger partial charge in [-0.25, -0.2) is 19.4 Å². The Morgan fingerprint density at radius 3 is 2.55 bits per heavy atom. The molecule has 2 bridgehead atoms. The number of amides is 1. The van der Waals surface area contributed by atoms with Crippen LogP contribution in [0.15, 0.2) is 30.6 Å². The standard InChI is InChI=1S/C24H30N6O3/c1-24(2,3)33-23(31)29-11-15-9-17(29)18(10-15)30-22-19(21(25)26-13-27-22)20(28-30)16-7-5-14(6-8-16)12-32-4/h5-8,13,15,17-18H,9-12H2,1-4H3,(H2,25,26,27).